The Morgan fingerprint density at radius 3 is 3.07 bits per heavy atom. The molecular weight excluding hydrogens is 188 g/mol. The molecule has 1 aromatic rings. The summed E-state index contributed by atoms with van der Waals surface area (Å²) in [5, 5.41) is 15.2. The fraction of sp³-hybridized carbons (Fsp3) is 0.455. The molecule has 80 valence electrons. The SMILES string of the molecule is CCNCCCNc1ncccc1C#N. The summed E-state index contributed by atoms with van der Waals surface area (Å²) in [5.41, 5.74) is 0.598. The number of pyridine rings is 1. The van der Waals surface area contributed by atoms with Crippen molar-refractivity contribution in [1.29, 1.82) is 5.26 Å². The number of hydrogen-bond acceptors (Lipinski definition) is 4. The summed E-state index contributed by atoms with van der Waals surface area (Å²) in [5.74, 6) is 0.677. The van der Waals surface area contributed by atoms with Crippen LogP contribution in [0.2, 0.25) is 0 Å². The van der Waals surface area contributed by atoms with Gasteiger partial charge in [0.1, 0.15) is 11.9 Å². The highest BCUT2D eigenvalue weighted by atomic mass is 15.0. The van der Waals surface area contributed by atoms with Crippen LogP contribution in [0.4, 0.5) is 5.82 Å². The first-order valence-corrected chi connectivity index (χ1v) is 5.18. The summed E-state index contributed by atoms with van der Waals surface area (Å²) in [6.07, 6.45) is 2.71. The lowest BCUT2D eigenvalue weighted by Crippen LogP contribution is -2.17. The van der Waals surface area contributed by atoms with E-state index < -0.39 is 0 Å². The molecule has 0 fully saturated rings. The standard InChI is InChI=1S/C11H16N4/c1-2-13-6-4-8-15-11-10(9-12)5-3-7-14-11/h3,5,7,13H,2,4,6,8H2,1H3,(H,14,15). The van der Waals surface area contributed by atoms with Crippen LogP contribution in [0.25, 0.3) is 0 Å². The maximum absolute atomic E-state index is 8.82. The topological polar surface area (TPSA) is 60.7 Å². The molecule has 4 nitrogen and oxygen atoms in total. The van der Waals surface area contributed by atoms with E-state index in [1.165, 1.54) is 0 Å². The minimum absolute atomic E-state index is 0.598. The minimum Gasteiger partial charge on any atom is -0.369 e. The van der Waals surface area contributed by atoms with Crippen molar-refractivity contribution in [3.05, 3.63) is 23.9 Å². The Labute approximate surface area is 90.3 Å². The molecule has 0 saturated heterocycles. The van der Waals surface area contributed by atoms with E-state index >= 15 is 0 Å². The number of nitriles is 1. The smallest absolute Gasteiger partial charge is 0.143 e. The van der Waals surface area contributed by atoms with Crippen LogP contribution in [0.5, 0.6) is 0 Å². The molecule has 1 rings (SSSR count). The van der Waals surface area contributed by atoms with Crippen LogP contribution in [0.1, 0.15) is 18.9 Å². The number of rotatable bonds is 6. The largest absolute Gasteiger partial charge is 0.369 e. The predicted molar refractivity (Wildman–Crippen MR) is 60.6 cm³/mol. The molecule has 0 aliphatic heterocycles. The number of nitrogens with zero attached hydrogens (tertiary/aromatic N) is 2. The first-order chi connectivity index (χ1) is 7.38. The molecule has 0 unspecified atom stereocenters. The highest BCUT2D eigenvalue weighted by Gasteiger charge is 1.99. The predicted octanol–water partition coefficient (Wildman–Crippen LogP) is 1.36. The Bertz CT molecular complexity index is 330. The summed E-state index contributed by atoms with van der Waals surface area (Å²) >= 11 is 0. The van der Waals surface area contributed by atoms with Crippen LogP contribution in [-0.4, -0.2) is 24.6 Å². The van der Waals surface area contributed by atoms with E-state index in [1.807, 2.05) is 0 Å². The van der Waals surface area contributed by atoms with E-state index in [0.29, 0.717) is 11.4 Å². The van der Waals surface area contributed by atoms with Gasteiger partial charge in [0.15, 0.2) is 0 Å². The van der Waals surface area contributed by atoms with Crippen molar-refractivity contribution in [1.82, 2.24) is 10.3 Å². The summed E-state index contributed by atoms with van der Waals surface area (Å²) in [6.45, 7) is 4.89. The lowest BCUT2D eigenvalue weighted by molar-refractivity contribution is 0.688. The van der Waals surface area contributed by atoms with Crippen molar-refractivity contribution < 1.29 is 0 Å². The molecule has 0 aromatic carbocycles. The summed E-state index contributed by atoms with van der Waals surface area (Å²) in [6, 6.07) is 5.64. The normalized spacial score (nSPS) is 9.60. The first kappa shape index (κ1) is 11.5. The third-order valence-corrected chi connectivity index (χ3v) is 2.00. The Kier molecular flexibility index (Phi) is 5.20. The molecule has 0 aliphatic rings. The van der Waals surface area contributed by atoms with E-state index in [1.54, 1.807) is 18.3 Å². The maximum atomic E-state index is 8.82. The van der Waals surface area contributed by atoms with Crippen LogP contribution in [-0.2, 0) is 0 Å². The number of hydrogen-bond donors (Lipinski definition) is 2. The van der Waals surface area contributed by atoms with Crippen LogP contribution in [0.15, 0.2) is 18.3 Å². The average Bonchev–Trinajstić information content (AvgIpc) is 2.29. The van der Waals surface area contributed by atoms with Gasteiger partial charge in [-0.05, 0) is 31.6 Å². The molecule has 0 spiro atoms. The van der Waals surface area contributed by atoms with Gasteiger partial charge < -0.3 is 10.6 Å². The molecule has 15 heavy (non-hydrogen) atoms. The fourth-order valence-corrected chi connectivity index (χ4v) is 1.23. The molecule has 0 aliphatic carbocycles. The number of nitrogens with one attached hydrogen (secondary N) is 2. The average molecular weight is 204 g/mol. The van der Waals surface area contributed by atoms with E-state index in [4.69, 9.17) is 5.26 Å². The van der Waals surface area contributed by atoms with Gasteiger partial charge in [-0.3, -0.25) is 0 Å². The van der Waals surface area contributed by atoms with Crippen molar-refractivity contribution in [2.75, 3.05) is 25.0 Å². The maximum Gasteiger partial charge on any atom is 0.143 e. The summed E-state index contributed by atoms with van der Waals surface area (Å²) in [4.78, 5) is 4.11. The summed E-state index contributed by atoms with van der Waals surface area (Å²) < 4.78 is 0. The van der Waals surface area contributed by atoms with Gasteiger partial charge in [-0.15, -0.1) is 0 Å². The lowest BCUT2D eigenvalue weighted by Gasteiger charge is -2.06. The molecule has 0 bridgehead atoms. The van der Waals surface area contributed by atoms with Gasteiger partial charge in [0.25, 0.3) is 0 Å². The van der Waals surface area contributed by atoms with E-state index in [2.05, 4.69) is 28.6 Å². The van der Waals surface area contributed by atoms with Crippen LogP contribution >= 0.6 is 0 Å². The lowest BCUT2D eigenvalue weighted by atomic mass is 10.3. The Balaban J connectivity index is 2.34. The molecule has 0 amide bonds. The monoisotopic (exact) mass is 204 g/mol. The molecule has 0 saturated carbocycles. The second-order valence-electron chi connectivity index (χ2n) is 3.15. The zero-order valence-corrected chi connectivity index (χ0v) is 8.95. The van der Waals surface area contributed by atoms with Crippen molar-refractivity contribution in [2.24, 2.45) is 0 Å². The molecule has 2 N–H and O–H groups in total. The van der Waals surface area contributed by atoms with Crippen molar-refractivity contribution in [3.63, 3.8) is 0 Å². The van der Waals surface area contributed by atoms with Crippen molar-refractivity contribution in [3.8, 4) is 6.07 Å². The van der Waals surface area contributed by atoms with Gasteiger partial charge in [-0.1, -0.05) is 6.92 Å². The Hall–Kier alpha value is -1.60. The highest BCUT2D eigenvalue weighted by Crippen LogP contribution is 2.08. The van der Waals surface area contributed by atoms with Gasteiger partial charge in [-0.25, -0.2) is 4.98 Å². The van der Waals surface area contributed by atoms with Gasteiger partial charge in [0.2, 0.25) is 0 Å². The quantitative estimate of drug-likeness (QED) is 0.687. The van der Waals surface area contributed by atoms with E-state index in [9.17, 15) is 0 Å². The zero-order valence-electron chi connectivity index (χ0n) is 8.95. The second-order valence-corrected chi connectivity index (χ2v) is 3.15. The first-order valence-electron chi connectivity index (χ1n) is 5.18. The molecule has 1 aromatic heterocycles. The third-order valence-electron chi connectivity index (χ3n) is 2.00. The minimum atomic E-state index is 0.598. The van der Waals surface area contributed by atoms with Crippen LogP contribution in [0.3, 0.4) is 0 Å². The van der Waals surface area contributed by atoms with Crippen LogP contribution in [0, 0.1) is 11.3 Å². The number of aromatic nitrogens is 1. The van der Waals surface area contributed by atoms with Gasteiger partial charge in [0, 0.05) is 12.7 Å². The Morgan fingerprint density at radius 1 is 1.47 bits per heavy atom. The number of anilines is 1. The highest BCUT2D eigenvalue weighted by molar-refractivity contribution is 5.50. The summed E-state index contributed by atoms with van der Waals surface area (Å²) in [7, 11) is 0. The Morgan fingerprint density at radius 2 is 2.33 bits per heavy atom. The van der Waals surface area contributed by atoms with Crippen molar-refractivity contribution in [2.45, 2.75) is 13.3 Å². The second kappa shape index (κ2) is 6.80. The van der Waals surface area contributed by atoms with Gasteiger partial charge in [-0.2, -0.15) is 5.26 Å². The molecule has 1 heterocycles. The van der Waals surface area contributed by atoms with Crippen molar-refractivity contribution >= 4 is 5.82 Å². The van der Waals surface area contributed by atoms with Gasteiger partial charge in [0.05, 0.1) is 5.56 Å². The molecule has 0 atom stereocenters. The van der Waals surface area contributed by atoms with Crippen LogP contribution < -0.4 is 10.6 Å². The third kappa shape index (κ3) is 3.96. The van der Waals surface area contributed by atoms with Gasteiger partial charge >= 0.3 is 0 Å². The fourth-order valence-electron chi connectivity index (χ4n) is 1.23. The zero-order chi connectivity index (χ0) is 10.9. The molecule has 0 radical (unpaired) electrons. The van der Waals surface area contributed by atoms with E-state index in [0.717, 1.165) is 26.1 Å². The molecule has 4 heteroatoms. The van der Waals surface area contributed by atoms with E-state index in [-0.39, 0.29) is 0 Å². The molecular formula is C11H16N4.